The van der Waals surface area contributed by atoms with Gasteiger partial charge in [0.15, 0.2) is 0 Å². The van der Waals surface area contributed by atoms with E-state index in [0.717, 1.165) is 29.3 Å². The zero-order valence-electron chi connectivity index (χ0n) is 16.0. The number of hydrogen-bond acceptors (Lipinski definition) is 3. The number of amides is 2. The van der Waals surface area contributed by atoms with E-state index >= 15 is 0 Å². The lowest BCUT2D eigenvalue weighted by Gasteiger charge is -2.11. The summed E-state index contributed by atoms with van der Waals surface area (Å²) in [6.45, 7) is 2.92. The highest BCUT2D eigenvalue weighted by Crippen LogP contribution is 2.22. The second-order valence-corrected chi connectivity index (χ2v) is 6.62. The Morgan fingerprint density at radius 2 is 1.64 bits per heavy atom. The van der Waals surface area contributed by atoms with Crippen molar-refractivity contribution in [2.75, 3.05) is 23.7 Å². The van der Waals surface area contributed by atoms with E-state index in [-0.39, 0.29) is 18.4 Å². The smallest absolute Gasteiger partial charge is 0.251 e. The number of unbranched alkanes of at least 4 members (excludes halogenated alkanes) is 1. The van der Waals surface area contributed by atoms with E-state index in [4.69, 9.17) is 0 Å². The molecule has 0 radical (unpaired) electrons. The fourth-order valence-electron chi connectivity index (χ4n) is 2.95. The molecule has 3 N–H and O–H groups in total. The molecule has 0 unspecified atom stereocenters. The molecular formula is C23H25N3O2. The molecule has 3 aromatic carbocycles. The quantitative estimate of drug-likeness (QED) is 0.511. The van der Waals surface area contributed by atoms with Crippen molar-refractivity contribution >= 4 is 34.0 Å². The molecule has 0 aliphatic heterocycles. The summed E-state index contributed by atoms with van der Waals surface area (Å²) in [4.78, 5) is 24.3. The average Bonchev–Trinajstić information content (AvgIpc) is 2.73. The minimum absolute atomic E-state index is 0.0936. The highest BCUT2D eigenvalue weighted by Gasteiger charge is 2.07. The van der Waals surface area contributed by atoms with Crippen LogP contribution in [0.1, 0.15) is 30.1 Å². The summed E-state index contributed by atoms with van der Waals surface area (Å²) in [6.07, 6.45) is 2.00. The minimum Gasteiger partial charge on any atom is -0.376 e. The molecule has 0 saturated carbocycles. The van der Waals surface area contributed by atoms with Crippen molar-refractivity contribution in [3.05, 3.63) is 72.3 Å². The van der Waals surface area contributed by atoms with Crippen LogP contribution in [0.3, 0.4) is 0 Å². The average molecular weight is 375 g/mol. The maximum atomic E-state index is 12.3. The molecule has 0 aliphatic rings. The maximum Gasteiger partial charge on any atom is 0.251 e. The Hall–Kier alpha value is -3.34. The van der Waals surface area contributed by atoms with Gasteiger partial charge in [0.05, 0.1) is 6.54 Å². The normalized spacial score (nSPS) is 10.5. The zero-order chi connectivity index (χ0) is 19.8. The largest absolute Gasteiger partial charge is 0.376 e. The molecule has 0 aliphatic carbocycles. The van der Waals surface area contributed by atoms with Crippen LogP contribution >= 0.6 is 0 Å². The molecule has 0 spiro atoms. The van der Waals surface area contributed by atoms with E-state index in [0.29, 0.717) is 17.8 Å². The Kier molecular flexibility index (Phi) is 6.63. The zero-order valence-corrected chi connectivity index (χ0v) is 16.0. The molecule has 28 heavy (non-hydrogen) atoms. The lowest BCUT2D eigenvalue weighted by molar-refractivity contribution is -0.114. The van der Waals surface area contributed by atoms with Crippen LogP contribution in [-0.4, -0.2) is 24.9 Å². The highest BCUT2D eigenvalue weighted by atomic mass is 16.2. The van der Waals surface area contributed by atoms with E-state index in [9.17, 15) is 9.59 Å². The van der Waals surface area contributed by atoms with Crippen molar-refractivity contribution in [3.63, 3.8) is 0 Å². The fourth-order valence-corrected chi connectivity index (χ4v) is 2.95. The first-order valence-electron chi connectivity index (χ1n) is 9.57. The molecule has 0 atom stereocenters. The van der Waals surface area contributed by atoms with Gasteiger partial charge in [-0.25, -0.2) is 0 Å². The summed E-state index contributed by atoms with van der Waals surface area (Å²) >= 11 is 0. The third-order valence-electron chi connectivity index (χ3n) is 4.48. The van der Waals surface area contributed by atoms with Crippen molar-refractivity contribution in [2.24, 2.45) is 0 Å². The van der Waals surface area contributed by atoms with Gasteiger partial charge < -0.3 is 16.0 Å². The van der Waals surface area contributed by atoms with Gasteiger partial charge in [0, 0.05) is 28.9 Å². The SMILES string of the molecule is CCCCNC(=O)c1ccc(NC(=O)CNc2cccc3ccccc23)cc1. The van der Waals surface area contributed by atoms with E-state index < -0.39 is 0 Å². The lowest BCUT2D eigenvalue weighted by Crippen LogP contribution is -2.24. The highest BCUT2D eigenvalue weighted by molar-refractivity contribution is 5.98. The van der Waals surface area contributed by atoms with Crippen molar-refractivity contribution in [1.82, 2.24) is 5.32 Å². The number of carbonyl (C=O) groups is 2. The van der Waals surface area contributed by atoms with E-state index in [1.165, 1.54) is 0 Å². The van der Waals surface area contributed by atoms with Gasteiger partial charge in [-0.15, -0.1) is 0 Å². The minimum atomic E-state index is -0.145. The third kappa shape index (κ3) is 5.10. The van der Waals surface area contributed by atoms with Gasteiger partial charge in [-0.3, -0.25) is 9.59 Å². The van der Waals surface area contributed by atoms with Crippen LogP contribution in [0.25, 0.3) is 10.8 Å². The van der Waals surface area contributed by atoms with Crippen LogP contribution in [0, 0.1) is 0 Å². The molecule has 0 saturated heterocycles. The summed E-state index contributed by atoms with van der Waals surface area (Å²) in [6, 6.07) is 20.9. The second kappa shape index (κ2) is 9.55. The van der Waals surface area contributed by atoms with Crippen LogP contribution in [0.2, 0.25) is 0 Å². The summed E-state index contributed by atoms with van der Waals surface area (Å²) in [5.74, 6) is -0.239. The van der Waals surface area contributed by atoms with E-state index in [2.05, 4.69) is 22.9 Å². The predicted molar refractivity (Wildman–Crippen MR) is 115 cm³/mol. The molecule has 144 valence electrons. The Morgan fingerprint density at radius 1 is 0.893 bits per heavy atom. The molecular weight excluding hydrogens is 350 g/mol. The van der Waals surface area contributed by atoms with Gasteiger partial charge in [0.1, 0.15) is 0 Å². The van der Waals surface area contributed by atoms with Gasteiger partial charge >= 0.3 is 0 Å². The summed E-state index contributed by atoms with van der Waals surface area (Å²) in [5.41, 5.74) is 2.17. The number of carbonyl (C=O) groups excluding carboxylic acids is 2. The van der Waals surface area contributed by atoms with E-state index in [1.54, 1.807) is 24.3 Å². The number of nitrogens with one attached hydrogen (secondary N) is 3. The van der Waals surface area contributed by atoms with Crippen LogP contribution in [0.15, 0.2) is 66.7 Å². The monoisotopic (exact) mass is 375 g/mol. The lowest BCUT2D eigenvalue weighted by atomic mass is 10.1. The summed E-state index contributed by atoms with van der Waals surface area (Å²) in [7, 11) is 0. The molecule has 2 amide bonds. The van der Waals surface area contributed by atoms with Gasteiger partial charge in [-0.05, 0) is 42.1 Å². The summed E-state index contributed by atoms with van der Waals surface area (Å²) in [5, 5.41) is 11.1. The van der Waals surface area contributed by atoms with Crippen LogP contribution < -0.4 is 16.0 Å². The topological polar surface area (TPSA) is 70.2 Å². The third-order valence-corrected chi connectivity index (χ3v) is 4.48. The van der Waals surface area contributed by atoms with Crippen molar-refractivity contribution in [2.45, 2.75) is 19.8 Å². The first-order chi connectivity index (χ1) is 13.7. The van der Waals surface area contributed by atoms with Crippen LogP contribution in [0.5, 0.6) is 0 Å². The second-order valence-electron chi connectivity index (χ2n) is 6.62. The first-order valence-corrected chi connectivity index (χ1v) is 9.57. The van der Waals surface area contributed by atoms with Gasteiger partial charge in [-0.1, -0.05) is 49.7 Å². The fraction of sp³-hybridized carbons (Fsp3) is 0.217. The van der Waals surface area contributed by atoms with Gasteiger partial charge in [0.25, 0.3) is 5.91 Å². The maximum absolute atomic E-state index is 12.3. The van der Waals surface area contributed by atoms with Crippen molar-refractivity contribution in [1.29, 1.82) is 0 Å². The Labute approximate surface area is 165 Å². The molecule has 0 fully saturated rings. The number of rotatable bonds is 8. The summed E-state index contributed by atoms with van der Waals surface area (Å²) < 4.78 is 0. The Morgan fingerprint density at radius 3 is 2.43 bits per heavy atom. The molecule has 0 bridgehead atoms. The van der Waals surface area contributed by atoms with Gasteiger partial charge in [-0.2, -0.15) is 0 Å². The first kappa shape index (κ1) is 19.4. The number of benzene rings is 3. The molecule has 0 heterocycles. The predicted octanol–water partition coefficient (Wildman–Crippen LogP) is 4.42. The van der Waals surface area contributed by atoms with Crippen LogP contribution in [-0.2, 0) is 4.79 Å². The number of hydrogen-bond donors (Lipinski definition) is 3. The standard InChI is InChI=1S/C23H25N3O2/c1-2-3-15-24-23(28)18-11-13-19(14-12-18)26-22(27)16-25-21-10-6-8-17-7-4-5-9-20(17)21/h4-14,25H,2-3,15-16H2,1H3,(H,24,28)(H,26,27). The van der Waals surface area contributed by atoms with E-state index in [1.807, 2.05) is 42.5 Å². The molecule has 3 aromatic rings. The molecule has 0 aromatic heterocycles. The van der Waals surface area contributed by atoms with Crippen molar-refractivity contribution in [3.8, 4) is 0 Å². The Bertz CT molecular complexity index is 946. The van der Waals surface area contributed by atoms with Crippen molar-refractivity contribution < 1.29 is 9.59 Å². The number of fused-ring (bicyclic) bond motifs is 1. The van der Waals surface area contributed by atoms with Gasteiger partial charge in [0.2, 0.25) is 5.91 Å². The molecule has 5 heteroatoms. The molecule has 3 rings (SSSR count). The number of anilines is 2. The molecule has 5 nitrogen and oxygen atoms in total. The Balaban J connectivity index is 1.54. The van der Waals surface area contributed by atoms with Crippen LogP contribution in [0.4, 0.5) is 11.4 Å².